The molecule has 0 fully saturated rings. The second-order valence-electron chi connectivity index (χ2n) is 5.48. The SMILES string of the molecule is CC.Cn1nc(C(F)(F)F)cc1-c1cccs1.Fc1csc(Nc2ccccc2)n1. The smallest absolute Gasteiger partial charge is 0.331 e. The molecule has 0 unspecified atom stereocenters. The van der Waals surface area contributed by atoms with Gasteiger partial charge in [0.05, 0.1) is 10.6 Å². The second-order valence-corrected chi connectivity index (χ2v) is 7.29. The van der Waals surface area contributed by atoms with Crippen LogP contribution in [-0.4, -0.2) is 14.8 Å². The third-order valence-corrected chi connectivity index (χ3v) is 5.07. The Morgan fingerprint density at radius 1 is 1.00 bits per heavy atom. The molecule has 0 aliphatic rings. The zero-order valence-electron chi connectivity index (χ0n) is 16.4. The molecule has 0 saturated heterocycles. The lowest BCUT2D eigenvalue weighted by Crippen LogP contribution is -2.06. The van der Waals surface area contributed by atoms with Crippen LogP contribution in [0.25, 0.3) is 10.6 Å². The number of thiazole rings is 1. The number of aromatic nitrogens is 3. The first-order valence-electron chi connectivity index (χ1n) is 8.91. The molecule has 3 heterocycles. The number of halogens is 4. The maximum Gasteiger partial charge on any atom is 0.435 e. The quantitative estimate of drug-likeness (QED) is 0.331. The van der Waals surface area contributed by atoms with Crippen LogP contribution in [-0.2, 0) is 13.2 Å². The largest absolute Gasteiger partial charge is 0.435 e. The number of alkyl halides is 3. The van der Waals surface area contributed by atoms with Gasteiger partial charge in [-0.2, -0.15) is 27.6 Å². The van der Waals surface area contributed by atoms with Gasteiger partial charge in [-0.05, 0) is 29.6 Å². The van der Waals surface area contributed by atoms with E-state index in [9.17, 15) is 17.6 Å². The Morgan fingerprint density at radius 3 is 2.20 bits per heavy atom. The molecule has 0 atom stereocenters. The number of para-hydroxylation sites is 1. The van der Waals surface area contributed by atoms with Crippen molar-refractivity contribution in [2.75, 3.05) is 5.32 Å². The van der Waals surface area contributed by atoms with Gasteiger partial charge in [0.2, 0.25) is 5.95 Å². The van der Waals surface area contributed by atoms with Crippen LogP contribution < -0.4 is 5.32 Å². The first-order chi connectivity index (χ1) is 14.3. The molecule has 0 spiro atoms. The summed E-state index contributed by atoms with van der Waals surface area (Å²) in [6.07, 6.45) is -4.38. The molecule has 0 bridgehead atoms. The van der Waals surface area contributed by atoms with Crippen LogP contribution in [0.4, 0.5) is 28.4 Å². The van der Waals surface area contributed by atoms with Gasteiger partial charge in [-0.25, -0.2) is 0 Å². The van der Waals surface area contributed by atoms with E-state index < -0.39 is 17.8 Å². The number of benzene rings is 1. The summed E-state index contributed by atoms with van der Waals surface area (Å²) in [6, 6.07) is 14.2. The number of aryl methyl sites for hydroxylation is 1. The molecule has 0 aliphatic carbocycles. The molecular weight excluding hydrogens is 436 g/mol. The fourth-order valence-corrected chi connectivity index (χ4v) is 3.57. The molecular formula is C20H20F4N4S2. The lowest BCUT2D eigenvalue weighted by atomic mass is 10.3. The average Bonchev–Trinajstić information content (AvgIpc) is 3.46. The van der Waals surface area contributed by atoms with Gasteiger partial charge in [0.25, 0.3) is 0 Å². The summed E-state index contributed by atoms with van der Waals surface area (Å²) in [4.78, 5) is 4.42. The van der Waals surface area contributed by atoms with E-state index in [2.05, 4.69) is 15.4 Å². The summed E-state index contributed by atoms with van der Waals surface area (Å²) < 4.78 is 50.8. The highest BCUT2D eigenvalue weighted by atomic mass is 32.1. The molecule has 1 aromatic carbocycles. The Labute approximate surface area is 179 Å². The summed E-state index contributed by atoms with van der Waals surface area (Å²) in [5.41, 5.74) is 0.544. The maximum atomic E-state index is 12.5. The van der Waals surface area contributed by atoms with Crippen LogP contribution in [0.5, 0.6) is 0 Å². The topological polar surface area (TPSA) is 42.7 Å². The number of thiophene rings is 1. The minimum absolute atomic E-state index is 0.441. The number of hydrogen-bond acceptors (Lipinski definition) is 5. The standard InChI is InChI=1S/C9H7F3N2S.C9H7FN2S.C2H6/c1-14-6(7-3-2-4-15-7)5-8(13-14)9(10,11)12;10-8-6-13-9(12-8)11-7-4-2-1-3-5-7;1-2/h2-5H,1H3;1-6H,(H,11,12);1-2H3. The van der Waals surface area contributed by atoms with Crippen molar-refractivity contribution in [3.63, 3.8) is 0 Å². The van der Waals surface area contributed by atoms with Gasteiger partial charge >= 0.3 is 6.18 Å². The third kappa shape index (κ3) is 6.67. The first kappa shape index (κ1) is 23.6. The monoisotopic (exact) mass is 456 g/mol. The third-order valence-electron chi connectivity index (χ3n) is 3.45. The van der Waals surface area contributed by atoms with Gasteiger partial charge in [0.15, 0.2) is 10.8 Å². The van der Waals surface area contributed by atoms with Crippen molar-refractivity contribution in [2.24, 2.45) is 7.05 Å². The van der Waals surface area contributed by atoms with Crippen molar-refractivity contribution in [1.82, 2.24) is 14.8 Å². The fourth-order valence-electron chi connectivity index (χ4n) is 2.22. The number of anilines is 2. The highest BCUT2D eigenvalue weighted by Gasteiger charge is 2.34. The van der Waals surface area contributed by atoms with Crippen molar-refractivity contribution in [2.45, 2.75) is 20.0 Å². The number of nitrogens with zero attached hydrogens (tertiary/aromatic N) is 3. The normalized spacial score (nSPS) is 10.5. The van der Waals surface area contributed by atoms with Crippen molar-refractivity contribution >= 4 is 33.5 Å². The molecule has 10 heteroatoms. The predicted molar refractivity (Wildman–Crippen MR) is 115 cm³/mol. The molecule has 4 aromatic rings. The number of hydrogen-bond donors (Lipinski definition) is 1. The molecule has 0 aliphatic heterocycles. The molecule has 0 saturated carbocycles. The molecule has 30 heavy (non-hydrogen) atoms. The van der Waals surface area contributed by atoms with Crippen LogP contribution >= 0.6 is 22.7 Å². The van der Waals surface area contributed by atoms with Gasteiger partial charge in [0.1, 0.15) is 0 Å². The Bertz CT molecular complexity index is 1010. The maximum absolute atomic E-state index is 12.5. The summed E-state index contributed by atoms with van der Waals surface area (Å²) >= 11 is 2.63. The van der Waals surface area contributed by atoms with Crippen molar-refractivity contribution in [3.8, 4) is 10.6 Å². The van der Waals surface area contributed by atoms with Gasteiger partial charge in [-0.3, -0.25) is 4.68 Å². The van der Waals surface area contributed by atoms with E-state index in [0.29, 0.717) is 10.8 Å². The molecule has 3 aromatic heterocycles. The van der Waals surface area contributed by atoms with Crippen LogP contribution in [0, 0.1) is 5.95 Å². The van der Waals surface area contributed by atoms with E-state index in [0.717, 1.165) is 16.6 Å². The minimum atomic E-state index is -4.38. The number of rotatable bonds is 3. The van der Waals surface area contributed by atoms with Gasteiger partial charge in [-0.15, -0.1) is 22.7 Å². The summed E-state index contributed by atoms with van der Waals surface area (Å²) in [5.74, 6) is -0.441. The van der Waals surface area contributed by atoms with E-state index in [1.54, 1.807) is 12.1 Å². The van der Waals surface area contributed by atoms with Crippen molar-refractivity contribution in [1.29, 1.82) is 0 Å². The molecule has 0 amide bonds. The Hall–Kier alpha value is -2.72. The Kier molecular flexibility index (Phi) is 8.55. The molecule has 1 N–H and O–H groups in total. The van der Waals surface area contributed by atoms with Crippen LogP contribution in [0.3, 0.4) is 0 Å². The van der Waals surface area contributed by atoms with E-state index in [-0.39, 0.29) is 0 Å². The Morgan fingerprint density at radius 2 is 1.70 bits per heavy atom. The van der Waals surface area contributed by atoms with E-state index >= 15 is 0 Å². The second kappa shape index (κ2) is 10.9. The summed E-state index contributed by atoms with van der Waals surface area (Å²) in [5, 5.41) is 10.2. The van der Waals surface area contributed by atoms with E-state index in [1.165, 1.54) is 39.8 Å². The zero-order chi connectivity index (χ0) is 22.1. The molecule has 4 nitrogen and oxygen atoms in total. The molecule has 0 radical (unpaired) electrons. The number of nitrogens with one attached hydrogen (secondary N) is 1. The zero-order valence-corrected chi connectivity index (χ0v) is 18.1. The molecule has 160 valence electrons. The molecule has 4 rings (SSSR count). The van der Waals surface area contributed by atoms with Crippen LogP contribution in [0.15, 0.2) is 59.3 Å². The minimum Gasteiger partial charge on any atom is -0.331 e. The Balaban J connectivity index is 0.000000199. The van der Waals surface area contributed by atoms with Gasteiger partial charge in [0, 0.05) is 18.1 Å². The van der Waals surface area contributed by atoms with Gasteiger partial charge in [-0.1, -0.05) is 38.1 Å². The van der Waals surface area contributed by atoms with Crippen molar-refractivity contribution in [3.05, 3.63) is 70.9 Å². The predicted octanol–water partition coefficient (Wildman–Crippen LogP) is 7.22. The van der Waals surface area contributed by atoms with E-state index in [1.807, 2.05) is 49.6 Å². The summed E-state index contributed by atoms with van der Waals surface area (Å²) in [6.45, 7) is 4.00. The average molecular weight is 457 g/mol. The summed E-state index contributed by atoms with van der Waals surface area (Å²) in [7, 11) is 1.50. The van der Waals surface area contributed by atoms with Gasteiger partial charge < -0.3 is 5.32 Å². The van der Waals surface area contributed by atoms with Crippen molar-refractivity contribution < 1.29 is 17.6 Å². The highest BCUT2D eigenvalue weighted by molar-refractivity contribution is 7.13. The van der Waals surface area contributed by atoms with Crippen LogP contribution in [0.1, 0.15) is 19.5 Å². The fraction of sp³-hybridized carbons (Fsp3) is 0.200. The van der Waals surface area contributed by atoms with E-state index in [4.69, 9.17) is 0 Å². The first-order valence-corrected chi connectivity index (χ1v) is 10.7. The lowest BCUT2D eigenvalue weighted by Gasteiger charge is -1.99. The van der Waals surface area contributed by atoms with Crippen LogP contribution in [0.2, 0.25) is 0 Å². The highest BCUT2D eigenvalue weighted by Crippen LogP contribution is 2.32. The lowest BCUT2D eigenvalue weighted by molar-refractivity contribution is -0.141.